The summed E-state index contributed by atoms with van der Waals surface area (Å²) in [4.78, 5) is 12.0. The van der Waals surface area contributed by atoms with Crippen molar-refractivity contribution >= 4 is 34.2 Å². The van der Waals surface area contributed by atoms with E-state index in [1.165, 1.54) is 11.8 Å². The zero-order valence-electron chi connectivity index (χ0n) is 15.4. The highest BCUT2D eigenvalue weighted by molar-refractivity contribution is 7.99. The van der Waals surface area contributed by atoms with E-state index in [9.17, 15) is 4.79 Å². The Morgan fingerprint density at radius 1 is 1.27 bits per heavy atom. The van der Waals surface area contributed by atoms with Crippen LogP contribution in [-0.2, 0) is 4.79 Å². The van der Waals surface area contributed by atoms with Gasteiger partial charge in [-0.2, -0.15) is 0 Å². The van der Waals surface area contributed by atoms with E-state index in [1.807, 2.05) is 28.7 Å². The first kappa shape index (κ1) is 18.5. The van der Waals surface area contributed by atoms with Gasteiger partial charge in [0.25, 0.3) is 0 Å². The van der Waals surface area contributed by atoms with E-state index in [0.29, 0.717) is 10.9 Å². The van der Waals surface area contributed by atoms with Crippen LogP contribution in [0.5, 0.6) is 5.75 Å². The van der Waals surface area contributed by atoms with Crippen LogP contribution in [0.4, 0.5) is 0 Å². The van der Waals surface area contributed by atoms with Crippen molar-refractivity contribution in [3.05, 3.63) is 29.8 Å². The lowest BCUT2D eigenvalue weighted by atomic mass is 10.1. The lowest BCUT2D eigenvalue weighted by Crippen LogP contribution is -2.26. The average molecular weight is 372 g/mol. The SMILES string of the molecule is CCCCCNC(=O)CSc1nnc2cc(C)c3ccc(OC)cc3n12. The smallest absolute Gasteiger partial charge is 0.230 e. The fraction of sp³-hybridized carbons (Fsp3) is 0.421. The molecule has 6 nitrogen and oxygen atoms in total. The molecule has 0 unspecified atom stereocenters. The number of ether oxygens (including phenoxy) is 1. The van der Waals surface area contributed by atoms with Gasteiger partial charge in [-0.1, -0.05) is 31.5 Å². The van der Waals surface area contributed by atoms with Crippen LogP contribution >= 0.6 is 11.8 Å². The molecule has 0 fully saturated rings. The topological polar surface area (TPSA) is 68.5 Å². The molecule has 0 bridgehead atoms. The number of nitrogens with zero attached hydrogens (tertiary/aromatic N) is 3. The van der Waals surface area contributed by atoms with Gasteiger partial charge in [-0.05, 0) is 37.1 Å². The van der Waals surface area contributed by atoms with Gasteiger partial charge in [-0.15, -0.1) is 10.2 Å². The Morgan fingerprint density at radius 3 is 2.88 bits per heavy atom. The fourth-order valence-corrected chi connectivity index (χ4v) is 3.69. The van der Waals surface area contributed by atoms with Gasteiger partial charge in [0.15, 0.2) is 10.8 Å². The number of aryl methyl sites for hydroxylation is 1. The number of rotatable bonds is 8. The van der Waals surface area contributed by atoms with Gasteiger partial charge in [0.2, 0.25) is 5.91 Å². The van der Waals surface area contributed by atoms with E-state index in [-0.39, 0.29) is 5.91 Å². The van der Waals surface area contributed by atoms with Gasteiger partial charge in [0.1, 0.15) is 5.75 Å². The summed E-state index contributed by atoms with van der Waals surface area (Å²) in [6.45, 7) is 4.93. The largest absolute Gasteiger partial charge is 0.497 e. The molecule has 0 atom stereocenters. The van der Waals surface area contributed by atoms with E-state index in [2.05, 4.69) is 29.4 Å². The van der Waals surface area contributed by atoms with Crippen LogP contribution < -0.4 is 10.1 Å². The molecule has 2 heterocycles. The predicted octanol–water partition coefficient (Wildman–Crippen LogP) is 3.60. The Labute approximate surface area is 157 Å². The van der Waals surface area contributed by atoms with Crippen molar-refractivity contribution in [3.63, 3.8) is 0 Å². The number of benzene rings is 1. The third-order valence-corrected chi connectivity index (χ3v) is 5.24. The highest BCUT2D eigenvalue weighted by atomic mass is 32.2. The molecule has 0 aliphatic rings. The molecule has 0 spiro atoms. The summed E-state index contributed by atoms with van der Waals surface area (Å²) < 4.78 is 7.35. The molecular formula is C19H24N4O2S. The van der Waals surface area contributed by atoms with Crippen LogP contribution in [0.1, 0.15) is 31.7 Å². The number of amides is 1. The zero-order chi connectivity index (χ0) is 18.5. The first-order chi connectivity index (χ1) is 12.6. The number of hydrogen-bond donors (Lipinski definition) is 1. The van der Waals surface area contributed by atoms with Crippen LogP contribution in [0.2, 0.25) is 0 Å². The second-order valence-corrected chi connectivity index (χ2v) is 7.17. The summed E-state index contributed by atoms with van der Waals surface area (Å²) in [7, 11) is 1.65. The Hall–Kier alpha value is -2.28. The number of methoxy groups -OCH3 is 1. The molecule has 138 valence electrons. The monoisotopic (exact) mass is 372 g/mol. The van der Waals surface area contributed by atoms with Crippen LogP contribution in [0.25, 0.3) is 16.6 Å². The van der Waals surface area contributed by atoms with Crippen molar-refractivity contribution in [2.75, 3.05) is 19.4 Å². The third-order valence-electron chi connectivity index (χ3n) is 4.31. The second kappa shape index (κ2) is 8.40. The summed E-state index contributed by atoms with van der Waals surface area (Å²) in [5, 5.41) is 13.3. The van der Waals surface area contributed by atoms with Gasteiger partial charge >= 0.3 is 0 Å². The molecule has 0 saturated heterocycles. The quantitative estimate of drug-likeness (QED) is 0.483. The van der Waals surface area contributed by atoms with Gasteiger partial charge in [-0.25, -0.2) is 0 Å². The Bertz CT molecular complexity index is 923. The molecule has 26 heavy (non-hydrogen) atoms. The number of fused-ring (bicyclic) bond motifs is 3. The Balaban J connectivity index is 1.83. The number of aromatic nitrogens is 3. The highest BCUT2D eigenvalue weighted by Crippen LogP contribution is 2.28. The van der Waals surface area contributed by atoms with Crippen molar-refractivity contribution in [2.24, 2.45) is 0 Å². The number of thioether (sulfide) groups is 1. The van der Waals surface area contributed by atoms with Gasteiger partial charge in [-0.3, -0.25) is 9.20 Å². The molecule has 1 aromatic carbocycles. The lowest BCUT2D eigenvalue weighted by Gasteiger charge is -2.09. The first-order valence-corrected chi connectivity index (χ1v) is 9.84. The van der Waals surface area contributed by atoms with Crippen LogP contribution in [0.15, 0.2) is 29.4 Å². The summed E-state index contributed by atoms with van der Waals surface area (Å²) in [6.07, 6.45) is 3.30. The number of nitrogens with one attached hydrogen (secondary N) is 1. The minimum absolute atomic E-state index is 0.0249. The van der Waals surface area contributed by atoms with Crippen LogP contribution in [0.3, 0.4) is 0 Å². The molecule has 7 heteroatoms. The average Bonchev–Trinajstić information content (AvgIpc) is 3.06. The molecular weight excluding hydrogens is 348 g/mol. The summed E-state index contributed by atoms with van der Waals surface area (Å²) in [5.74, 6) is 1.13. The van der Waals surface area contributed by atoms with Gasteiger partial charge in [0, 0.05) is 18.0 Å². The van der Waals surface area contributed by atoms with Crippen molar-refractivity contribution in [1.82, 2.24) is 19.9 Å². The van der Waals surface area contributed by atoms with Crippen molar-refractivity contribution in [2.45, 2.75) is 38.3 Å². The maximum absolute atomic E-state index is 12.0. The van der Waals surface area contributed by atoms with Gasteiger partial charge in [0.05, 0.1) is 18.4 Å². The van der Waals surface area contributed by atoms with E-state index in [1.54, 1.807) is 7.11 Å². The summed E-state index contributed by atoms with van der Waals surface area (Å²) in [6, 6.07) is 7.98. The normalized spacial score (nSPS) is 11.2. The first-order valence-electron chi connectivity index (χ1n) is 8.86. The summed E-state index contributed by atoms with van der Waals surface area (Å²) >= 11 is 1.40. The molecule has 1 N–H and O–H groups in total. The lowest BCUT2D eigenvalue weighted by molar-refractivity contribution is -0.118. The maximum atomic E-state index is 12.0. The molecule has 0 aliphatic carbocycles. The van der Waals surface area contributed by atoms with Crippen LogP contribution in [0, 0.1) is 6.92 Å². The number of unbranched alkanes of at least 4 members (excludes halogenated alkanes) is 2. The van der Waals surface area contributed by atoms with E-state index in [0.717, 1.165) is 53.7 Å². The van der Waals surface area contributed by atoms with Crippen LogP contribution in [-0.4, -0.2) is 39.9 Å². The number of carbonyl (C=O) groups excluding carboxylic acids is 1. The highest BCUT2D eigenvalue weighted by Gasteiger charge is 2.13. The summed E-state index contributed by atoms with van der Waals surface area (Å²) in [5.41, 5.74) is 2.89. The van der Waals surface area contributed by atoms with Crippen molar-refractivity contribution < 1.29 is 9.53 Å². The predicted molar refractivity (Wildman–Crippen MR) is 105 cm³/mol. The molecule has 3 aromatic rings. The molecule has 0 aliphatic heterocycles. The van der Waals surface area contributed by atoms with E-state index >= 15 is 0 Å². The number of pyridine rings is 1. The third kappa shape index (κ3) is 3.93. The fourth-order valence-electron chi connectivity index (χ4n) is 2.91. The second-order valence-electron chi connectivity index (χ2n) is 6.23. The molecule has 0 radical (unpaired) electrons. The maximum Gasteiger partial charge on any atom is 0.230 e. The van der Waals surface area contributed by atoms with E-state index < -0.39 is 0 Å². The van der Waals surface area contributed by atoms with Gasteiger partial charge < -0.3 is 10.1 Å². The van der Waals surface area contributed by atoms with Crippen molar-refractivity contribution in [1.29, 1.82) is 0 Å². The minimum atomic E-state index is 0.0249. The Kier molecular flexibility index (Phi) is 5.98. The zero-order valence-corrected chi connectivity index (χ0v) is 16.2. The minimum Gasteiger partial charge on any atom is -0.497 e. The molecule has 2 aromatic heterocycles. The van der Waals surface area contributed by atoms with E-state index in [4.69, 9.17) is 4.74 Å². The number of hydrogen-bond acceptors (Lipinski definition) is 5. The standard InChI is InChI=1S/C19H24N4O2S/c1-4-5-6-9-20-18(24)12-26-19-22-21-17-10-13(2)15-8-7-14(25-3)11-16(15)23(17)19/h7-8,10-11H,4-6,9,12H2,1-3H3,(H,20,24). The molecule has 1 amide bonds. The molecule has 3 rings (SSSR count). The number of carbonyl (C=O) groups is 1. The van der Waals surface area contributed by atoms with Crippen molar-refractivity contribution in [3.8, 4) is 5.75 Å². The Morgan fingerprint density at radius 2 is 2.12 bits per heavy atom. The molecule has 0 saturated carbocycles.